The third kappa shape index (κ3) is 3.78. The first-order valence-corrected chi connectivity index (χ1v) is 11.2. The first-order valence-electron chi connectivity index (χ1n) is 8.23. The van der Waals surface area contributed by atoms with E-state index in [9.17, 15) is 4.79 Å². The average Bonchev–Trinajstić information content (AvgIpc) is 3.06. The molecular formula is C19H13Br2ClN4OS. The van der Waals surface area contributed by atoms with Crippen molar-refractivity contribution in [1.82, 2.24) is 19.2 Å². The fraction of sp³-hybridized carbons (Fsp3) is 0.105. The summed E-state index contributed by atoms with van der Waals surface area (Å²) < 4.78 is 5.27. The quantitative estimate of drug-likeness (QED) is 0.314. The lowest BCUT2D eigenvalue weighted by molar-refractivity contribution is 0.890. The molecule has 0 saturated carbocycles. The molecule has 0 aliphatic rings. The molecule has 2 heterocycles. The summed E-state index contributed by atoms with van der Waals surface area (Å²) in [6.45, 7) is 1.88. The van der Waals surface area contributed by atoms with Crippen molar-refractivity contribution in [1.29, 1.82) is 0 Å². The van der Waals surface area contributed by atoms with Gasteiger partial charge in [-0.25, -0.2) is 0 Å². The van der Waals surface area contributed by atoms with E-state index in [1.807, 2.05) is 25.1 Å². The molecule has 0 radical (unpaired) electrons. The molecule has 0 fully saturated rings. The van der Waals surface area contributed by atoms with E-state index in [4.69, 9.17) is 11.6 Å². The number of thioether (sulfide) groups is 1. The van der Waals surface area contributed by atoms with Gasteiger partial charge in [0.05, 0.1) is 5.69 Å². The zero-order valence-corrected chi connectivity index (χ0v) is 19.3. The highest BCUT2D eigenvalue weighted by atomic mass is 79.9. The van der Waals surface area contributed by atoms with E-state index in [0.717, 1.165) is 25.8 Å². The molecule has 4 aromatic rings. The second-order valence-electron chi connectivity index (χ2n) is 6.10. The Morgan fingerprint density at radius 1 is 1.11 bits per heavy atom. The Balaban J connectivity index is 1.69. The fourth-order valence-electron chi connectivity index (χ4n) is 2.85. The standard InChI is InChI=1S/C19H13Br2ClN4OS/c1-11-15(22)3-2-4-16(11)25-5-6-26-17(18(25)27)23-24-19(26)28-10-12-7-13(20)9-14(21)8-12/h2-9H,10H2,1H3. The minimum atomic E-state index is -0.239. The van der Waals surface area contributed by atoms with Crippen LogP contribution in [-0.2, 0) is 5.75 Å². The topological polar surface area (TPSA) is 52.2 Å². The van der Waals surface area contributed by atoms with E-state index in [1.165, 1.54) is 11.8 Å². The van der Waals surface area contributed by atoms with Crippen molar-refractivity contribution in [2.45, 2.75) is 17.8 Å². The summed E-state index contributed by atoms with van der Waals surface area (Å²) in [4.78, 5) is 12.9. The van der Waals surface area contributed by atoms with Crippen molar-refractivity contribution in [2.75, 3.05) is 0 Å². The number of fused-ring (bicyclic) bond motifs is 1. The normalized spacial score (nSPS) is 11.3. The molecule has 0 N–H and O–H groups in total. The van der Waals surface area contributed by atoms with Crippen molar-refractivity contribution >= 4 is 60.9 Å². The summed E-state index contributed by atoms with van der Waals surface area (Å²) in [7, 11) is 0. The second kappa shape index (κ2) is 8.02. The molecule has 28 heavy (non-hydrogen) atoms. The van der Waals surface area contributed by atoms with Gasteiger partial charge in [-0.05, 0) is 48.4 Å². The van der Waals surface area contributed by atoms with Crippen LogP contribution >= 0.6 is 55.2 Å². The van der Waals surface area contributed by atoms with Gasteiger partial charge in [-0.2, -0.15) is 0 Å². The van der Waals surface area contributed by atoms with Gasteiger partial charge in [0.1, 0.15) is 0 Å². The van der Waals surface area contributed by atoms with Crippen LogP contribution < -0.4 is 5.56 Å². The van der Waals surface area contributed by atoms with Crippen LogP contribution in [0.25, 0.3) is 11.3 Å². The van der Waals surface area contributed by atoms with Gasteiger partial charge in [0, 0.05) is 32.1 Å². The maximum atomic E-state index is 12.9. The van der Waals surface area contributed by atoms with E-state index in [1.54, 1.807) is 27.4 Å². The lowest BCUT2D eigenvalue weighted by Crippen LogP contribution is -2.21. The average molecular weight is 541 g/mol. The van der Waals surface area contributed by atoms with Gasteiger partial charge in [-0.15, -0.1) is 10.2 Å². The molecule has 9 heteroatoms. The summed E-state index contributed by atoms with van der Waals surface area (Å²) in [5.41, 5.74) is 2.74. The maximum Gasteiger partial charge on any atom is 0.300 e. The number of aromatic nitrogens is 4. The van der Waals surface area contributed by atoms with Gasteiger partial charge in [-0.1, -0.05) is 61.3 Å². The van der Waals surface area contributed by atoms with Crippen molar-refractivity contribution in [3.8, 4) is 5.69 Å². The molecule has 2 aromatic carbocycles. The van der Waals surface area contributed by atoms with E-state index >= 15 is 0 Å². The number of nitrogens with zero attached hydrogens (tertiary/aromatic N) is 4. The molecule has 0 saturated heterocycles. The third-order valence-electron chi connectivity index (χ3n) is 4.23. The third-order valence-corrected chi connectivity index (χ3v) is 6.57. The molecule has 0 bridgehead atoms. The van der Waals surface area contributed by atoms with Crippen LogP contribution in [0.4, 0.5) is 0 Å². The Morgan fingerprint density at radius 3 is 2.61 bits per heavy atom. The molecule has 5 nitrogen and oxygen atoms in total. The lowest BCUT2D eigenvalue weighted by atomic mass is 10.2. The molecule has 142 valence electrons. The smallest absolute Gasteiger partial charge is 0.279 e. The Morgan fingerprint density at radius 2 is 1.86 bits per heavy atom. The highest BCUT2D eigenvalue weighted by Crippen LogP contribution is 2.26. The molecule has 4 rings (SSSR count). The summed E-state index contributed by atoms with van der Waals surface area (Å²) in [5, 5.41) is 9.59. The monoisotopic (exact) mass is 538 g/mol. The minimum Gasteiger partial charge on any atom is -0.279 e. The summed E-state index contributed by atoms with van der Waals surface area (Å²) in [6.07, 6.45) is 3.52. The Hall–Kier alpha value is -1.61. The van der Waals surface area contributed by atoms with Crippen LogP contribution in [0.1, 0.15) is 11.1 Å². The Bertz CT molecular complexity index is 1230. The van der Waals surface area contributed by atoms with Crippen molar-refractivity contribution in [3.05, 3.63) is 84.2 Å². The SMILES string of the molecule is Cc1c(Cl)cccc1-n1ccn2c(SCc3cc(Br)cc(Br)c3)nnc2c1=O. The Kier molecular flexibility index (Phi) is 5.64. The predicted octanol–water partition coefficient (Wildman–Crippen LogP) is 5.66. The zero-order valence-electron chi connectivity index (χ0n) is 14.6. The largest absolute Gasteiger partial charge is 0.300 e. The number of hydrogen-bond donors (Lipinski definition) is 0. The number of rotatable bonds is 4. The summed E-state index contributed by atoms with van der Waals surface area (Å²) in [5.74, 6) is 0.704. The number of benzene rings is 2. The number of hydrogen-bond acceptors (Lipinski definition) is 4. The first-order chi connectivity index (χ1) is 13.4. The summed E-state index contributed by atoms with van der Waals surface area (Å²) in [6, 6.07) is 11.6. The molecule has 0 atom stereocenters. The van der Waals surface area contributed by atoms with Crippen LogP contribution in [0.2, 0.25) is 5.02 Å². The highest BCUT2D eigenvalue weighted by molar-refractivity contribution is 9.11. The number of halogens is 3. The van der Waals surface area contributed by atoms with E-state index in [2.05, 4.69) is 54.2 Å². The van der Waals surface area contributed by atoms with E-state index < -0.39 is 0 Å². The first kappa shape index (κ1) is 19.7. The van der Waals surface area contributed by atoms with Crippen LogP contribution in [0.5, 0.6) is 0 Å². The van der Waals surface area contributed by atoms with E-state index in [-0.39, 0.29) is 11.2 Å². The summed E-state index contributed by atoms with van der Waals surface area (Å²) >= 11 is 14.7. The van der Waals surface area contributed by atoms with Gasteiger partial charge in [0.25, 0.3) is 0 Å². The molecule has 0 unspecified atom stereocenters. The van der Waals surface area contributed by atoms with Crippen LogP contribution in [0.15, 0.2) is 67.7 Å². The van der Waals surface area contributed by atoms with Crippen molar-refractivity contribution < 1.29 is 0 Å². The maximum absolute atomic E-state index is 12.9. The second-order valence-corrected chi connectivity index (χ2v) is 9.28. The predicted molar refractivity (Wildman–Crippen MR) is 120 cm³/mol. The zero-order chi connectivity index (χ0) is 19.8. The molecule has 2 aromatic heterocycles. The molecule has 0 aliphatic heterocycles. The van der Waals surface area contributed by atoms with Gasteiger partial charge in [0.15, 0.2) is 5.16 Å². The van der Waals surface area contributed by atoms with E-state index in [0.29, 0.717) is 15.9 Å². The fourth-order valence-corrected chi connectivity index (χ4v) is 5.26. The lowest BCUT2D eigenvalue weighted by Gasteiger charge is -2.10. The van der Waals surface area contributed by atoms with Gasteiger partial charge in [0.2, 0.25) is 5.65 Å². The Labute approximate surface area is 187 Å². The van der Waals surface area contributed by atoms with Crippen LogP contribution in [-0.4, -0.2) is 19.2 Å². The minimum absolute atomic E-state index is 0.239. The van der Waals surface area contributed by atoms with Gasteiger partial charge in [-0.3, -0.25) is 13.8 Å². The van der Waals surface area contributed by atoms with Gasteiger partial charge < -0.3 is 0 Å². The van der Waals surface area contributed by atoms with Gasteiger partial charge >= 0.3 is 5.56 Å². The molecule has 0 amide bonds. The van der Waals surface area contributed by atoms with Crippen LogP contribution in [0, 0.1) is 6.92 Å². The van der Waals surface area contributed by atoms with Crippen molar-refractivity contribution in [2.24, 2.45) is 0 Å². The molecular weight excluding hydrogens is 528 g/mol. The van der Waals surface area contributed by atoms with Crippen molar-refractivity contribution in [3.63, 3.8) is 0 Å². The molecule has 0 spiro atoms. The highest BCUT2D eigenvalue weighted by Gasteiger charge is 2.14. The van der Waals surface area contributed by atoms with Crippen LogP contribution in [0.3, 0.4) is 0 Å². The molecule has 0 aliphatic carbocycles.